The van der Waals surface area contributed by atoms with Gasteiger partial charge in [-0.1, -0.05) is 146 Å². The third kappa shape index (κ3) is 9.30. The van der Waals surface area contributed by atoms with Crippen LogP contribution >= 0.6 is 0 Å². The number of anilines is 4. The molecule has 7 heteroatoms. The SMILES string of the molecule is [2H]c1c([2H])c([2H])c2c(c1[2H])c1ccc3[c-]c1n2-c1cc(C([2H])([2H])C(C)(C)C)c(cn1)-c1ccc(cc1)Oc1cccc(c1)-c1cc(C([2H])([2H])C(C)C)cc(-c2ccccc2)c1N1[CH-]N(c2[c-]c(cc(C(C)(C)C)c2)O3)c2ccccc21.[Pt]. The van der Waals surface area contributed by atoms with Crippen LogP contribution in [-0.2, 0) is 39.2 Å². The van der Waals surface area contributed by atoms with Crippen molar-refractivity contribution in [1.82, 2.24) is 9.55 Å². The third-order valence-electron chi connectivity index (χ3n) is 13.2. The molecule has 74 heavy (non-hydrogen) atoms. The van der Waals surface area contributed by atoms with Gasteiger partial charge < -0.3 is 23.8 Å². The number of nitrogens with zero attached hydrogens (tertiary/aromatic N) is 4. The van der Waals surface area contributed by atoms with E-state index in [2.05, 4.69) is 79.7 Å². The Morgan fingerprint density at radius 3 is 2.09 bits per heavy atom. The first kappa shape index (κ1) is 40.0. The Morgan fingerprint density at radius 2 is 1.35 bits per heavy atom. The Hall–Kier alpha value is -7.40. The van der Waals surface area contributed by atoms with Crippen LogP contribution in [0.1, 0.15) is 83.0 Å². The molecule has 0 fully saturated rings. The summed E-state index contributed by atoms with van der Waals surface area (Å²) in [5, 5.41) is 0.746. The number of para-hydroxylation sites is 3. The van der Waals surface area contributed by atoms with Crippen molar-refractivity contribution in [3.63, 3.8) is 0 Å². The maximum Gasteiger partial charge on any atom is 0.135 e. The normalized spacial score (nSPS) is 15.0. The van der Waals surface area contributed by atoms with Crippen LogP contribution in [0, 0.1) is 30.1 Å². The Balaban J connectivity index is 0.00000705. The van der Waals surface area contributed by atoms with Crippen LogP contribution in [0.4, 0.5) is 22.7 Å². The molecule has 0 saturated heterocycles. The molecule has 372 valence electrons. The van der Waals surface area contributed by atoms with Crippen LogP contribution in [0.2, 0.25) is 0 Å². The van der Waals surface area contributed by atoms with Crippen LogP contribution in [0.5, 0.6) is 23.0 Å². The number of pyridine rings is 1. The second kappa shape index (κ2) is 19.1. The van der Waals surface area contributed by atoms with Gasteiger partial charge in [0.25, 0.3) is 0 Å². The summed E-state index contributed by atoms with van der Waals surface area (Å²) < 4.78 is 90.0. The summed E-state index contributed by atoms with van der Waals surface area (Å²) in [7, 11) is 0. The monoisotopic (exact) mass is 1150 g/mol. The fraction of sp³-hybridized carbons (Fsp3) is 0.194. The number of fused-ring (bicyclic) bond motifs is 5. The van der Waals surface area contributed by atoms with Crippen molar-refractivity contribution in [1.29, 1.82) is 0 Å². The van der Waals surface area contributed by atoms with E-state index in [-0.39, 0.29) is 73.0 Å². The predicted octanol–water partition coefficient (Wildman–Crippen LogP) is 18.2. The van der Waals surface area contributed by atoms with E-state index in [0.29, 0.717) is 56.1 Å². The van der Waals surface area contributed by atoms with Gasteiger partial charge in [0.15, 0.2) is 0 Å². The molecule has 2 aromatic heterocycles. The fourth-order valence-corrected chi connectivity index (χ4v) is 9.90. The number of benzene rings is 8. The second-order valence-electron chi connectivity index (χ2n) is 21.2. The van der Waals surface area contributed by atoms with Gasteiger partial charge in [-0.05, 0) is 123 Å². The number of hydrogen-bond acceptors (Lipinski definition) is 5. The maximum absolute atomic E-state index is 9.77. The molecule has 0 unspecified atom stereocenters. The number of ether oxygens (including phenoxy) is 2. The van der Waals surface area contributed by atoms with Gasteiger partial charge in [-0.2, -0.15) is 6.07 Å². The molecule has 0 amide bonds. The third-order valence-corrected chi connectivity index (χ3v) is 13.2. The van der Waals surface area contributed by atoms with Gasteiger partial charge in [0.1, 0.15) is 17.3 Å². The van der Waals surface area contributed by atoms with Crippen molar-refractivity contribution < 1.29 is 41.5 Å². The average Bonchev–Trinajstić information content (AvgIpc) is 4.22. The van der Waals surface area contributed by atoms with Crippen molar-refractivity contribution in [3.05, 3.63) is 211 Å². The maximum atomic E-state index is 9.77. The predicted molar refractivity (Wildman–Crippen MR) is 301 cm³/mol. The molecule has 0 atom stereocenters. The van der Waals surface area contributed by atoms with Crippen molar-refractivity contribution in [2.45, 2.75) is 73.6 Å². The van der Waals surface area contributed by atoms with Gasteiger partial charge in [0.2, 0.25) is 0 Å². The second-order valence-corrected chi connectivity index (χ2v) is 21.2. The van der Waals surface area contributed by atoms with E-state index in [4.69, 9.17) is 17.2 Å². The minimum Gasteiger partial charge on any atom is -0.509 e. The Bertz CT molecular complexity index is 4170. The molecule has 0 radical (unpaired) electrons. The van der Waals surface area contributed by atoms with E-state index in [1.807, 2.05) is 132 Å². The minimum absolute atomic E-state index is 0. The summed E-state index contributed by atoms with van der Waals surface area (Å²) in [6.07, 6.45) is -2.05. The molecular formula is C67H59N4O2Pt-3. The van der Waals surface area contributed by atoms with E-state index in [1.54, 1.807) is 29.0 Å². The van der Waals surface area contributed by atoms with Gasteiger partial charge in [-0.3, -0.25) is 0 Å². The van der Waals surface area contributed by atoms with Crippen LogP contribution < -0.4 is 19.3 Å². The molecular weight excluding hydrogens is 1090 g/mol. The first-order valence-corrected chi connectivity index (χ1v) is 24.8. The minimum atomic E-state index is -1.96. The topological polar surface area (TPSA) is 42.8 Å². The largest absolute Gasteiger partial charge is 0.509 e. The van der Waals surface area contributed by atoms with Crippen molar-refractivity contribution in [3.8, 4) is 62.2 Å². The quantitative estimate of drug-likeness (QED) is 0.164. The summed E-state index contributed by atoms with van der Waals surface area (Å²) in [6, 6.07) is 52.5. The van der Waals surface area contributed by atoms with Gasteiger partial charge in [0, 0.05) is 83.5 Å². The van der Waals surface area contributed by atoms with Crippen LogP contribution in [0.25, 0.3) is 61.0 Å². The standard InChI is InChI=1S/C67H59N4O2.Pt/c1-43(2)31-44-32-57(45-17-10-9-11-18-45)65-58(33-44)47-19-16-20-52(34-47)72-51-27-25-46(26-28-51)59-41-68-64(35-48(59)40-66(3,4)5)71-60-22-13-12-21-55(60)56-30-29-53(39-63(56)71)73-54-37-49(67(6,7)8)36-50(38-54)69-42-70(65)62-24-15-14-23-61(62)69;/h9-30,32-37,41-43H,31,40H2,1-8H3;/q-3;/i12D,13D,21D,22D,31D2,40D2;. The zero-order valence-electron chi connectivity index (χ0n) is 50.5. The molecule has 0 N–H and O–H groups in total. The van der Waals surface area contributed by atoms with Crippen LogP contribution in [0.15, 0.2) is 176 Å². The molecule has 6 heterocycles. The molecule has 10 aromatic rings. The zero-order chi connectivity index (χ0) is 57.2. The smallest absolute Gasteiger partial charge is 0.135 e. The molecule has 12 bridgehead atoms. The van der Waals surface area contributed by atoms with Gasteiger partial charge in [-0.25, -0.2) is 4.98 Å². The van der Waals surface area contributed by atoms with Crippen LogP contribution in [0.3, 0.4) is 0 Å². The Kier molecular flexibility index (Phi) is 10.4. The summed E-state index contributed by atoms with van der Waals surface area (Å²) in [5.41, 5.74) is 8.79. The summed E-state index contributed by atoms with van der Waals surface area (Å²) >= 11 is 0. The summed E-state index contributed by atoms with van der Waals surface area (Å²) in [6.45, 7) is 17.8. The van der Waals surface area contributed by atoms with Crippen molar-refractivity contribution in [2.24, 2.45) is 11.3 Å². The summed E-state index contributed by atoms with van der Waals surface area (Å²) in [4.78, 5) is 9.27. The van der Waals surface area contributed by atoms with E-state index < -0.39 is 24.2 Å². The number of rotatable bonds is 4. The molecule has 8 aromatic carbocycles. The van der Waals surface area contributed by atoms with Gasteiger partial charge in [0.05, 0.1) is 5.48 Å². The van der Waals surface area contributed by atoms with E-state index >= 15 is 0 Å². The molecule has 14 rings (SSSR count). The molecule has 4 aliphatic rings. The van der Waals surface area contributed by atoms with Crippen LogP contribution in [-0.4, -0.2) is 9.55 Å². The molecule has 0 spiro atoms. The number of aromatic nitrogens is 2. The zero-order valence-corrected chi connectivity index (χ0v) is 44.8. The Labute approximate surface area is 461 Å². The molecule has 4 aliphatic heterocycles. The van der Waals surface area contributed by atoms with E-state index in [9.17, 15) is 8.22 Å². The van der Waals surface area contributed by atoms with E-state index in [0.717, 1.165) is 44.9 Å². The first-order chi connectivity index (χ1) is 38.4. The van der Waals surface area contributed by atoms with E-state index in [1.165, 1.54) is 0 Å². The fourth-order valence-electron chi connectivity index (χ4n) is 9.90. The molecule has 6 nitrogen and oxygen atoms in total. The van der Waals surface area contributed by atoms with Gasteiger partial charge in [-0.15, -0.1) is 53.6 Å². The van der Waals surface area contributed by atoms with Crippen molar-refractivity contribution >= 4 is 44.6 Å². The summed E-state index contributed by atoms with van der Waals surface area (Å²) in [5.74, 6) is 1.61. The molecule has 0 aliphatic carbocycles. The first-order valence-electron chi connectivity index (χ1n) is 28.8. The molecule has 0 saturated carbocycles. The Morgan fingerprint density at radius 1 is 0.649 bits per heavy atom. The van der Waals surface area contributed by atoms with Gasteiger partial charge >= 0.3 is 0 Å². The average molecular weight is 1160 g/mol. The van der Waals surface area contributed by atoms with Crippen molar-refractivity contribution in [2.75, 3.05) is 9.80 Å². The number of hydrogen-bond donors (Lipinski definition) is 0.